The Morgan fingerprint density at radius 2 is 1.80 bits per heavy atom. The Kier molecular flexibility index (Phi) is 6.72. The van der Waals surface area contributed by atoms with E-state index in [2.05, 4.69) is 34.4 Å². The fourth-order valence-corrected chi connectivity index (χ4v) is 2.71. The van der Waals surface area contributed by atoms with Gasteiger partial charge < -0.3 is 10.6 Å². The molecule has 0 aliphatic heterocycles. The molecule has 25 heavy (non-hydrogen) atoms. The third-order valence-corrected chi connectivity index (χ3v) is 4.56. The minimum atomic E-state index is -3.64. The number of nitrogens with two attached hydrogens (primary N) is 1. The van der Waals surface area contributed by atoms with Gasteiger partial charge in [0, 0.05) is 19.3 Å². The van der Waals surface area contributed by atoms with E-state index >= 15 is 0 Å². The topological polar surface area (TPSA) is 110 Å². The summed E-state index contributed by atoms with van der Waals surface area (Å²) < 4.78 is 22.5. The lowest BCUT2D eigenvalue weighted by Gasteiger charge is -2.09. The van der Waals surface area contributed by atoms with Crippen LogP contribution in [-0.2, 0) is 16.4 Å². The number of benzene rings is 1. The van der Waals surface area contributed by atoms with Crippen molar-refractivity contribution in [3.05, 3.63) is 42.1 Å². The molecule has 136 valence electrons. The van der Waals surface area contributed by atoms with Crippen molar-refractivity contribution in [2.24, 2.45) is 11.1 Å². The maximum Gasteiger partial charge on any atom is 0.238 e. The van der Waals surface area contributed by atoms with Crippen LogP contribution in [0.2, 0.25) is 0 Å². The molecule has 2 rings (SSSR count). The summed E-state index contributed by atoms with van der Waals surface area (Å²) in [4.78, 5) is 8.74. The van der Waals surface area contributed by atoms with Gasteiger partial charge in [0.2, 0.25) is 16.0 Å². The lowest BCUT2D eigenvalue weighted by Crippen LogP contribution is -2.12. The number of hydrogen-bond donors (Lipinski definition) is 3. The molecule has 0 unspecified atom stereocenters. The maximum atomic E-state index is 11.2. The first-order valence-electron chi connectivity index (χ1n) is 8.27. The van der Waals surface area contributed by atoms with Crippen LogP contribution in [0.15, 0.2) is 41.4 Å². The summed E-state index contributed by atoms with van der Waals surface area (Å²) >= 11 is 0. The summed E-state index contributed by atoms with van der Waals surface area (Å²) in [6.45, 7) is 5.89. The Labute approximate surface area is 149 Å². The second kappa shape index (κ2) is 8.77. The van der Waals surface area contributed by atoms with Gasteiger partial charge in [-0.25, -0.2) is 18.5 Å². The first-order chi connectivity index (χ1) is 11.8. The van der Waals surface area contributed by atoms with E-state index in [-0.39, 0.29) is 4.90 Å². The van der Waals surface area contributed by atoms with Gasteiger partial charge in [0.05, 0.1) is 4.90 Å². The molecule has 1 aromatic carbocycles. The largest absolute Gasteiger partial charge is 0.370 e. The van der Waals surface area contributed by atoms with Crippen molar-refractivity contribution < 1.29 is 8.42 Å². The van der Waals surface area contributed by atoms with Gasteiger partial charge in [0.25, 0.3) is 0 Å². The third-order valence-electron chi connectivity index (χ3n) is 3.63. The average Bonchev–Trinajstić information content (AvgIpc) is 2.55. The van der Waals surface area contributed by atoms with Crippen LogP contribution in [0.3, 0.4) is 0 Å². The van der Waals surface area contributed by atoms with Crippen molar-refractivity contribution >= 4 is 21.8 Å². The van der Waals surface area contributed by atoms with Crippen LogP contribution in [0.1, 0.15) is 25.8 Å². The molecule has 0 fully saturated rings. The Hall–Kier alpha value is -2.19. The monoisotopic (exact) mass is 363 g/mol. The van der Waals surface area contributed by atoms with Crippen LogP contribution < -0.4 is 15.8 Å². The van der Waals surface area contributed by atoms with E-state index in [1.165, 1.54) is 12.1 Å². The van der Waals surface area contributed by atoms with E-state index in [1.807, 2.05) is 6.07 Å². The first-order valence-corrected chi connectivity index (χ1v) is 9.82. The van der Waals surface area contributed by atoms with Crippen molar-refractivity contribution in [2.75, 3.05) is 23.7 Å². The van der Waals surface area contributed by atoms with Crippen molar-refractivity contribution in [1.82, 2.24) is 9.97 Å². The molecule has 0 aliphatic carbocycles. The van der Waals surface area contributed by atoms with Gasteiger partial charge >= 0.3 is 0 Å². The smallest absolute Gasteiger partial charge is 0.238 e. The number of sulfonamides is 1. The minimum Gasteiger partial charge on any atom is -0.370 e. The van der Waals surface area contributed by atoms with E-state index in [1.54, 1.807) is 18.3 Å². The summed E-state index contributed by atoms with van der Waals surface area (Å²) in [5.74, 6) is 2.01. The Morgan fingerprint density at radius 3 is 2.44 bits per heavy atom. The predicted octanol–water partition coefficient (Wildman–Crippen LogP) is 2.24. The number of rotatable bonds is 9. The van der Waals surface area contributed by atoms with Crippen molar-refractivity contribution in [1.29, 1.82) is 0 Å². The molecule has 2 aromatic rings. The quantitative estimate of drug-likeness (QED) is 0.630. The van der Waals surface area contributed by atoms with Crippen LogP contribution >= 0.6 is 0 Å². The van der Waals surface area contributed by atoms with E-state index in [4.69, 9.17) is 5.14 Å². The van der Waals surface area contributed by atoms with Gasteiger partial charge in [-0.1, -0.05) is 26.0 Å². The van der Waals surface area contributed by atoms with Crippen LogP contribution in [0.25, 0.3) is 0 Å². The standard InChI is InChI=1S/C17H25N5O2S/c1-13(2)7-10-19-16-9-12-21-17(22-16)20-11-8-14-3-5-15(6-4-14)25(18,23)24/h3-6,9,12-13H,7-8,10-11H2,1-2H3,(H2,18,23,24)(H2,19,20,21,22). The average molecular weight is 363 g/mol. The normalized spacial score (nSPS) is 11.5. The second-order valence-electron chi connectivity index (χ2n) is 6.24. The molecule has 8 heteroatoms. The molecule has 1 heterocycles. The predicted molar refractivity (Wildman–Crippen MR) is 100.0 cm³/mol. The molecule has 1 aromatic heterocycles. The van der Waals surface area contributed by atoms with Crippen LogP contribution in [-0.4, -0.2) is 31.5 Å². The summed E-state index contributed by atoms with van der Waals surface area (Å²) in [7, 11) is -3.64. The number of anilines is 2. The zero-order chi connectivity index (χ0) is 18.3. The Morgan fingerprint density at radius 1 is 1.08 bits per heavy atom. The summed E-state index contributed by atoms with van der Waals surface area (Å²) in [6, 6.07) is 8.39. The zero-order valence-corrected chi connectivity index (χ0v) is 15.4. The fourth-order valence-electron chi connectivity index (χ4n) is 2.20. The van der Waals surface area contributed by atoms with Crippen LogP contribution in [0.4, 0.5) is 11.8 Å². The SMILES string of the molecule is CC(C)CCNc1ccnc(NCCc2ccc(S(N)(=O)=O)cc2)n1. The third kappa shape index (κ3) is 6.67. The first kappa shape index (κ1) is 19.1. The Bertz CT molecular complexity index is 776. The van der Waals surface area contributed by atoms with Gasteiger partial charge in [-0.05, 0) is 42.5 Å². The van der Waals surface area contributed by atoms with Crippen LogP contribution in [0, 0.1) is 5.92 Å². The summed E-state index contributed by atoms with van der Waals surface area (Å²) in [6.07, 6.45) is 3.52. The number of hydrogen-bond acceptors (Lipinski definition) is 6. The van der Waals surface area contributed by atoms with E-state index in [0.29, 0.717) is 18.4 Å². The molecule has 0 saturated heterocycles. The van der Waals surface area contributed by atoms with E-state index < -0.39 is 10.0 Å². The summed E-state index contributed by atoms with van der Waals surface area (Å²) in [5.41, 5.74) is 1.01. The van der Waals surface area contributed by atoms with E-state index in [0.717, 1.165) is 30.8 Å². The molecule has 0 atom stereocenters. The van der Waals surface area contributed by atoms with Crippen molar-refractivity contribution in [3.8, 4) is 0 Å². The number of aromatic nitrogens is 2. The van der Waals surface area contributed by atoms with Crippen molar-refractivity contribution in [2.45, 2.75) is 31.6 Å². The molecule has 0 aliphatic rings. The van der Waals surface area contributed by atoms with Gasteiger partial charge in [-0.3, -0.25) is 0 Å². The molecule has 0 bridgehead atoms. The van der Waals surface area contributed by atoms with Gasteiger partial charge in [-0.15, -0.1) is 0 Å². The molecule has 7 nitrogen and oxygen atoms in total. The highest BCUT2D eigenvalue weighted by Gasteiger charge is 2.06. The molecule has 0 radical (unpaired) electrons. The highest BCUT2D eigenvalue weighted by molar-refractivity contribution is 7.89. The summed E-state index contributed by atoms with van der Waals surface area (Å²) in [5, 5.41) is 11.5. The lowest BCUT2D eigenvalue weighted by atomic mass is 10.1. The zero-order valence-electron chi connectivity index (χ0n) is 14.6. The van der Waals surface area contributed by atoms with Gasteiger partial charge in [-0.2, -0.15) is 4.98 Å². The molecule has 0 amide bonds. The highest BCUT2D eigenvalue weighted by Crippen LogP contribution is 2.10. The Balaban J connectivity index is 1.83. The molecule has 0 spiro atoms. The van der Waals surface area contributed by atoms with Crippen molar-refractivity contribution in [3.63, 3.8) is 0 Å². The lowest BCUT2D eigenvalue weighted by molar-refractivity contribution is 0.597. The van der Waals surface area contributed by atoms with E-state index in [9.17, 15) is 8.42 Å². The molecule has 0 saturated carbocycles. The maximum absolute atomic E-state index is 11.2. The van der Waals surface area contributed by atoms with Crippen LogP contribution in [0.5, 0.6) is 0 Å². The molecule has 4 N–H and O–H groups in total. The second-order valence-corrected chi connectivity index (χ2v) is 7.80. The fraction of sp³-hybridized carbons (Fsp3) is 0.412. The number of nitrogens with zero attached hydrogens (tertiary/aromatic N) is 2. The molecular weight excluding hydrogens is 338 g/mol. The highest BCUT2D eigenvalue weighted by atomic mass is 32.2. The number of primary sulfonamides is 1. The molecular formula is C17H25N5O2S. The number of nitrogens with one attached hydrogen (secondary N) is 2. The van der Waals surface area contributed by atoms with Gasteiger partial charge in [0.15, 0.2) is 0 Å². The van der Waals surface area contributed by atoms with Gasteiger partial charge in [0.1, 0.15) is 5.82 Å². The minimum absolute atomic E-state index is 0.118.